The van der Waals surface area contributed by atoms with Crippen LogP contribution in [0.5, 0.6) is 0 Å². The fourth-order valence-electron chi connectivity index (χ4n) is 6.25. The van der Waals surface area contributed by atoms with E-state index < -0.39 is 18.2 Å². The van der Waals surface area contributed by atoms with Gasteiger partial charge in [-0.05, 0) is 67.3 Å². The summed E-state index contributed by atoms with van der Waals surface area (Å²) >= 11 is 0. The highest BCUT2D eigenvalue weighted by Gasteiger charge is 2.27. The molecule has 2 aromatic heterocycles. The number of nitrogens with two attached hydrogens (primary N) is 1. The molecule has 3 heterocycles. The average molecular weight is 556 g/mol. The first-order chi connectivity index (χ1) is 20.5. The van der Waals surface area contributed by atoms with Gasteiger partial charge in [0.1, 0.15) is 6.17 Å². The number of aromatic nitrogens is 2. The predicted molar refractivity (Wildman–Crippen MR) is 166 cm³/mol. The van der Waals surface area contributed by atoms with Crippen molar-refractivity contribution >= 4 is 50.4 Å². The number of carbonyl (C=O) groups excluding carboxylic acids is 1. The maximum absolute atomic E-state index is 12.4. The van der Waals surface area contributed by atoms with Gasteiger partial charge in [-0.15, -0.1) is 0 Å². The minimum absolute atomic E-state index is 0.318. The molecule has 1 aliphatic rings. The maximum Gasteiger partial charge on any atom is 0.408 e. The Labute approximate surface area is 242 Å². The molecule has 6 aromatic rings. The number of para-hydroxylation sites is 2. The Morgan fingerprint density at radius 2 is 1.71 bits per heavy atom. The number of primary amides is 1. The fraction of sp³-hybridized carbons (Fsp3) is 0.147. The number of anilines is 1. The molecule has 2 amide bonds. The van der Waals surface area contributed by atoms with Crippen LogP contribution in [0.2, 0.25) is 0 Å². The molecular formula is C34H29N5O3. The number of nitrogens with one attached hydrogen (secondary N) is 1. The summed E-state index contributed by atoms with van der Waals surface area (Å²) in [5, 5.41) is 16.4. The predicted octanol–water partition coefficient (Wildman–Crippen LogP) is 7.00. The molecule has 0 saturated carbocycles. The van der Waals surface area contributed by atoms with E-state index in [9.17, 15) is 14.7 Å². The molecule has 7 rings (SSSR count). The van der Waals surface area contributed by atoms with E-state index in [-0.39, 0.29) is 0 Å². The summed E-state index contributed by atoms with van der Waals surface area (Å²) in [7, 11) is 0. The highest BCUT2D eigenvalue weighted by Crippen LogP contribution is 2.39. The fourth-order valence-corrected chi connectivity index (χ4v) is 6.25. The maximum atomic E-state index is 12.4. The summed E-state index contributed by atoms with van der Waals surface area (Å²) in [5.41, 5.74) is 12.5. The number of hydrogen-bond donors (Lipinski definition) is 3. The van der Waals surface area contributed by atoms with Crippen LogP contribution in [-0.2, 0) is 0 Å². The number of fused-ring (bicyclic) bond motifs is 4. The number of amides is 2. The van der Waals surface area contributed by atoms with Gasteiger partial charge in [-0.2, -0.15) is 0 Å². The van der Waals surface area contributed by atoms with Crippen LogP contribution < -0.4 is 11.1 Å². The molecule has 1 fully saturated rings. The third-order valence-corrected chi connectivity index (χ3v) is 8.20. The van der Waals surface area contributed by atoms with E-state index in [1.54, 1.807) is 6.07 Å². The molecule has 208 valence electrons. The molecule has 1 atom stereocenters. The normalized spacial score (nSPS) is 15.3. The van der Waals surface area contributed by atoms with E-state index in [2.05, 4.69) is 46.3 Å². The minimum atomic E-state index is -0.984. The second-order valence-electron chi connectivity index (χ2n) is 10.7. The molecule has 8 heteroatoms. The Bertz CT molecular complexity index is 2010. The summed E-state index contributed by atoms with van der Waals surface area (Å²) in [4.78, 5) is 30.5. The summed E-state index contributed by atoms with van der Waals surface area (Å²) in [6.45, 7) is 0.442. The topological polar surface area (TPSA) is 113 Å². The standard InChI is InChI=1S/C34H29N5O3/c35-33(40)25-16-15-23(19-28(25)37-31-14-5-6-17-38(31)34(41)42)39-29-12-4-2-9-26(29)32-24(10-7-13-30(32)39)22-18-21-8-1-3-11-27(21)36-20-22/h1-4,7-13,15-16,18-20,31,37H,5-6,14,17H2,(H2,35,40)(H,41,42). The van der Waals surface area contributed by atoms with E-state index in [4.69, 9.17) is 10.7 Å². The zero-order chi connectivity index (χ0) is 28.8. The Hall–Kier alpha value is -5.37. The van der Waals surface area contributed by atoms with E-state index in [1.165, 1.54) is 4.90 Å². The van der Waals surface area contributed by atoms with Crippen molar-refractivity contribution in [2.24, 2.45) is 5.73 Å². The molecule has 0 radical (unpaired) electrons. The summed E-state index contributed by atoms with van der Waals surface area (Å²) in [5.74, 6) is -0.574. The van der Waals surface area contributed by atoms with E-state index in [0.29, 0.717) is 24.2 Å². The highest BCUT2D eigenvalue weighted by atomic mass is 16.4. The molecule has 4 aromatic carbocycles. The Balaban J connectivity index is 1.41. The molecule has 0 spiro atoms. The third kappa shape index (κ3) is 4.28. The van der Waals surface area contributed by atoms with Crippen molar-refractivity contribution in [3.05, 3.63) is 103 Å². The smallest absolute Gasteiger partial charge is 0.408 e. The Kier molecular flexibility index (Phi) is 6.23. The van der Waals surface area contributed by atoms with Crippen LogP contribution >= 0.6 is 0 Å². The molecule has 4 N–H and O–H groups in total. The van der Waals surface area contributed by atoms with Crippen molar-refractivity contribution in [2.45, 2.75) is 25.4 Å². The molecule has 42 heavy (non-hydrogen) atoms. The number of carbonyl (C=O) groups is 2. The van der Waals surface area contributed by atoms with Crippen LogP contribution in [0, 0.1) is 0 Å². The molecule has 0 aliphatic carbocycles. The van der Waals surface area contributed by atoms with Crippen molar-refractivity contribution in [3.63, 3.8) is 0 Å². The number of pyridine rings is 1. The van der Waals surface area contributed by atoms with Crippen LogP contribution in [0.3, 0.4) is 0 Å². The Morgan fingerprint density at radius 1 is 0.905 bits per heavy atom. The van der Waals surface area contributed by atoms with Crippen molar-refractivity contribution in [3.8, 4) is 16.8 Å². The zero-order valence-corrected chi connectivity index (χ0v) is 22.8. The number of hydrogen-bond acceptors (Lipinski definition) is 4. The van der Waals surface area contributed by atoms with Gasteiger partial charge in [0, 0.05) is 40.2 Å². The molecule has 1 aliphatic heterocycles. The second kappa shape index (κ2) is 10.2. The van der Waals surface area contributed by atoms with Crippen molar-refractivity contribution in [2.75, 3.05) is 11.9 Å². The van der Waals surface area contributed by atoms with Crippen molar-refractivity contribution in [1.29, 1.82) is 0 Å². The van der Waals surface area contributed by atoms with Gasteiger partial charge in [0.25, 0.3) is 5.91 Å². The van der Waals surface area contributed by atoms with Gasteiger partial charge in [0.2, 0.25) is 0 Å². The summed E-state index contributed by atoms with van der Waals surface area (Å²) < 4.78 is 2.18. The number of rotatable bonds is 5. The number of likely N-dealkylation sites (tertiary alicyclic amines) is 1. The van der Waals surface area contributed by atoms with Crippen molar-refractivity contribution < 1.29 is 14.7 Å². The number of piperidine rings is 1. The lowest BCUT2D eigenvalue weighted by Crippen LogP contribution is -2.47. The molecular weight excluding hydrogens is 526 g/mol. The Morgan fingerprint density at radius 3 is 2.57 bits per heavy atom. The average Bonchev–Trinajstić information content (AvgIpc) is 3.35. The summed E-state index contributed by atoms with van der Waals surface area (Å²) in [6.07, 6.45) is 2.84. The first-order valence-corrected chi connectivity index (χ1v) is 14.1. The van der Waals surface area contributed by atoms with E-state index >= 15 is 0 Å². The minimum Gasteiger partial charge on any atom is -0.465 e. The molecule has 1 unspecified atom stereocenters. The summed E-state index contributed by atoms with van der Waals surface area (Å²) in [6, 6.07) is 30.3. The first-order valence-electron chi connectivity index (χ1n) is 14.1. The van der Waals surface area contributed by atoms with Gasteiger partial charge in [0.05, 0.1) is 27.8 Å². The van der Waals surface area contributed by atoms with Gasteiger partial charge >= 0.3 is 6.09 Å². The van der Waals surface area contributed by atoms with Gasteiger partial charge in [0.15, 0.2) is 0 Å². The van der Waals surface area contributed by atoms with Gasteiger partial charge in [-0.25, -0.2) is 4.79 Å². The van der Waals surface area contributed by atoms with Crippen LogP contribution in [0.4, 0.5) is 10.5 Å². The van der Waals surface area contributed by atoms with Gasteiger partial charge in [-0.3, -0.25) is 14.7 Å². The largest absolute Gasteiger partial charge is 0.465 e. The van der Waals surface area contributed by atoms with Crippen LogP contribution in [0.25, 0.3) is 49.5 Å². The van der Waals surface area contributed by atoms with Gasteiger partial charge < -0.3 is 20.7 Å². The quantitative estimate of drug-likeness (QED) is 0.212. The van der Waals surface area contributed by atoms with Gasteiger partial charge in [-0.1, -0.05) is 48.5 Å². The van der Waals surface area contributed by atoms with Crippen LogP contribution in [0.15, 0.2) is 97.2 Å². The zero-order valence-electron chi connectivity index (χ0n) is 22.8. The molecule has 8 nitrogen and oxygen atoms in total. The van der Waals surface area contributed by atoms with Crippen LogP contribution in [-0.4, -0.2) is 44.3 Å². The molecule has 0 bridgehead atoms. The second-order valence-corrected chi connectivity index (χ2v) is 10.7. The van der Waals surface area contributed by atoms with E-state index in [0.717, 1.165) is 62.4 Å². The lowest BCUT2D eigenvalue weighted by molar-refractivity contribution is 0.100. The third-order valence-electron chi connectivity index (χ3n) is 8.20. The van der Waals surface area contributed by atoms with Crippen molar-refractivity contribution in [1.82, 2.24) is 14.5 Å². The number of benzene rings is 4. The van der Waals surface area contributed by atoms with Crippen LogP contribution in [0.1, 0.15) is 29.6 Å². The van der Waals surface area contributed by atoms with E-state index in [1.807, 2.05) is 54.7 Å². The lowest BCUT2D eigenvalue weighted by Gasteiger charge is -2.35. The lowest BCUT2D eigenvalue weighted by atomic mass is 9.99. The number of nitrogens with zero attached hydrogens (tertiary/aromatic N) is 3. The first kappa shape index (κ1) is 25.6. The highest BCUT2D eigenvalue weighted by molar-refractivity contribution is 6.16. The monoisotopic (exact) mass is 555 g/mol. The number of carboxylic acid groups (broad SMARTS) is 1. The SMILES string of the molecule is NC(=O)c1ccc(-n2c3ccccc3c3c(-c4cnc5ccccc5c4)cccc32)cc1NC1CCCCN1C(=O)O. The molecule has 1 saturated heterocycles.